The van der Waals surface area contributed by atoms with E-state index < -0.39 is 0 Å². The molecule has 0 N–H and O–H groups in total. The molecule has 1 aliphatic heterocycles. The van der Waals surface area contributed by atoms with Gasteiger partial charge in [0.2, 0.25) is 0 Å². The van der Waals surface area contributed by atoms with Crippen LogP contribution < -0.4 is 0 Å². The summed E-state index contributed by atoms with van der Waals surface area (Å²) in [4.78, 5) is 15.3. The van der Waals surface area contributed by atoms with Gasteiger partial charge in [-0.05, 0) is 11.4 Å². The Morgan fingerprint density at radius 3 is 3.20 bits per heavy atom. The summed E-state index contributed by atoms with van der Waals surface area (Å²) in [6, 6.07) is 5.74. The third-order valence-corrected chi connectivity index (χ3v) is 4.33. The lowest BCUT2D eigenvalue weighted by molar-refractivity contribution is -0.0133. The molecule has 0 spiro atoms. The predicted octanol–water partition coefficient (Wildman–Crippen LogP) is 2.21. The Kier molecular flexibility index (Phi) is 4.25. The van der Waals surface area contributed by atoms with Crippen molar-refractivity contribution in [1.82, 2.24) is 10.1 Å². The van der Waals surface area contributed by atoms with E-state index in [1.54, 1.807) is 6.26 Å². The van der Waals surface area contributed by atoms with Gasteiger partial charge >= 0.3 is 0 Å². The number of ketones is 1. The second-order valence-corrected chi connectivity index (χ2v) is 5.74. The largest absolute Gasteiger partial charge is 0.378 e. The van der Waals surface area contributed by atoms with E-state index in [2.05, 4.69) is 10.1 Å². The van der Waals surface area contributed by atoms with Crippen LogP contribution in [0.2, 0.25) is 0 Å². The van der Waals surface area contributed by atoms with Gasteiger partial charge in [-0.2, -0.15) is 0 Å². The molecule has 0 saturated carbocycles. The molecule has 5 nitrogen and oxygen atoms in total. The smallest absolute Gasteiger partial charge is 0.174 e. The Balaban J connectivity index is 1.64. The zero-order chi connectivity index (χ0) is 13.8. The summed E-state index contributed by atoms with van der Waals surface area (Å²) >= 11 is 1.49. The van der Waals surface area contributed by atoms with Crippen molar-refractivity contribution < 1.29 is 14.1 Å². The fourth-order valence-corrected chi connectivity index (χ4v) is 3.04. The van der Waals surface area contributed by atoms with Crippen LogP contribution >= 0.6 is 11.3 Å². The van der Waals surface area contributed by atoms with Gasteiger partial charge in [-0.3, -0.25) is 9.69 Å². The highest BCUT2D eigenvalue weighted by atomic mass is 32.1. The molecule has 3 rings (SSSR count). The average molecular weight is 292 g/mol. The summed E-state index contributed by atoms with van der Waals surface area (Å²) in [5.74, 6) is 0.181. The van der Waals surface area contributed by atoms with Crippen molar-refractivity contribution in [2.75, 3.05) is 19.8 Å². The maximum atomic E-state index is 12.2. The molecule has 1 fully saturated rings. The summed E-state index contributed by atoms with van der Waals surface area (Å²) in [6.07, 6.45) is 2.06. The second kappa shape index (κ2) is 6.30. The highest BCUT2D eigenvalue weighted by molar-refractivity contribution is 7.12. The van der Waals surface area contributed by atoms with Crippen LogP contribution in [0.25, 0.3) is 0 Å². The van der Waals surface area contributed by atoms with Gasteiger partial charge in [0.15, 0.2) is 5.78 Å². The third kappa shape index (κ3) is 3.15. The van der Waals surface area contributed by atoms with Gasteiger partial charge in [0, 0.05) is 31.6 Å². The molecule has 2 aromatic rings. The molecule has 0 unspecified atom stereocenters. The number of hydrogen-bond acceptors (Lipinski definition) is 6. The van der Waals surface area contributed by atoms with E-state index in [1.807, 2.05) is 23.6 Å². The molecule has 0 radical (unpaired) electrons. The molecule has 1 atom stereocenters. The van der Waals surface area contributed by atoms with Crippen molar-refractivity contribution >= 4 is 17.1 Å². The van der Waals surface area contributed by atoms with Crippen LogP contribution in [0.4, 0.5) is 0 Å². The van der Waals surface area contributed by atoms with Crippen molar-refractivity contribution in [3.63, 3.8) is 0 Å². The zero-order valence-electron chi connectivity index (χ0n) is 11.0. The average Bonchev–Trinajstić information content (AvgIpc) is 3.13. The minimum absolute atomic E-state index is 0.107. The maximum Gasteiger partial charge on any atom is 0.174 e. The van der Waals surface area contributed by atoms with Gasteiger partial charge in [-0.25, -0.2) is 0 Å². The molecule has 2 aromatic heterocycles. The standard InChI is InChI=1S/C14H16N2O3S/c17-13(14-2-1-7-20-14)8-12-10-18-6-4-16(12)9-11-3-5-19-15-11/h1-3,5,7,12H,4,6,8-10H2/t12-/m0/s1. The number of carbonyl (C=O) groups excluding carboxylic acids is 1. The van der Waals surface area contributed by atoms with Gasteiger partial charge in [0.25, 0.3) is 0 Å². The molecule has 0 aromatic carbocycles. The lowest BCUT2D eigenvalue weighted by Gasteiger charge is -2.34. The number of carbonyl (C=O) groups is 1. The minimum atomic E-state index is 0.107. The molecule has 3 heterocycles. The van der Waals surface area contributed by atoms with Crippen LogP contribution in [-0.2, 0) is 11.3 Å². The highest BCUT2D eigenvalue weighted by Gasteiger charge is 2.26. The number of hydrogen-bond donors (Lipinski definition) is 0. The van der Waals surface area contributed by atoms with Crippen LogP contribution in [0.1, 0.15) is 21.8 Å². The molecule has 6 heteroatoms. The fourth-order valence-electron chi connectivity index (χ4n) is 2.36. The lowest BCUT2D eigenvalue weighted by atomic mass is 10.1. The van der Waals surface area contributed by atoms with E-state index >= 15 is 0 Å². The molecular formula is C14H16N2O3S. The molecule has 0 bridgehead atoms. The molecule has 20 heavy (non-hydrogen) atoms. The molecule has 1 saturated heterocycles. The zero-order valence-corrected chi connectivity index (χ0v) is 11.8. The van der Waals surface area contributed by atoms with E-state index in [1.165, 1.54) is 11.3 Å². The number of thiophene rings is 1. The van der Waals surface area contributed by atoms with Crippen LogP contribution in [0.15, 0.2) is 34.4 Å². The molecule has 0 aliphatic carbocycles. The SMILES string of the molecule is O=C(C[C@H]1COCCN1Cc1ccon1)c1cccs1. The Labute approximate surface area is 121 Å². The first kappa shape index (κ1) is 13.5. The van der Waals surface area contributed by atoms with Crippen molar-refractivity contribution in [2.24, 2.45) is 0 Å². The van der Waals surface area contributed by atoms with Crippen LogP contribution in [-0.4, -0.2) is 41.6 Å². The van der Waals surface area contributed by atoms with Crippen LogP contribution in [0, 0.1) is 0 Å². The highest BCUT2D eigenvalue weighted by Crippen LogP contribution is 2.18. The second-order valence-electron chi connectivity index (χ2n) is 4.79. The Hall–Kier alpha value is -1.50. The van der Waals surface area contributed by atoms with Crippen molar-refractivity contribution in [3.8, 4) is 0 Å². The van der Waals surface area contributed by atoms with Crippen molar-refractivity contribution in [2.45, 2.75) is 19.0 Å². The number of ether oxygens (including phenoxy) is 1. The first-order valence-electron chi connectivity index (χ1n) is 6.60. The lowest BCUT2D eigenvalue weighted by Crippen LogP contribution is -2.45. The van der Waals surface area contributed by atoms with E-state index in [0.29, 0.717) is 26.2 Å². The van der Waals surface area contributed by atoms with Gasteiger partial charge in [-0.1, -0.05) is 11.2 Å². The number of aromatic nitrogens is 1. The van der Waals surface area contributed by atoms with Crippen LogP contribution in [0.3, 0.4) is 0 Å². The normalized spacial score (nSPS) is 20.1. The van der Waals surface area contributed by atoms with Crippen molar-refractivity contribution in [1.29, 1.82) is 0 Å². The van der Waals surface area contributed by atoms with E-state index in [4.69, 9.17) is 9.26 Å². The Morgan fingerprint density at radius 2 is 2.45 bits per heavy atom. The number of morpholine rings is 1. The van der Waals surface area contributed by atoms with Gasteiger partial charge in [0.1, 0.15) is 6.26 Å². The summed E-state index contributed by atoms with van der Waals surface area (Å²) in [7, 11) is 0. The first-order valence-corrected chi connectivity index (χ1v) is 7.48. The first-order chi connectivity index (χ1) is 9.83. The van der Waals surface area contributed by atoms with Gasteiger partial charge < -0.3 is 9.26 Å². The van der Waals surface area contributed by atoms with Crippen molar-refractivity contribution in [3.05, 3.63) is 40.4 Å². The minimum Gasteiger partial charge on any atom is -0.378 e. The molecular weight excluding hydrogens is 276 g/mol. The predicted molar refractivity (Wildman–Crippen MR) is 74.8 cm³/mol. The Bertz CT molecular complexity index is 539. The van der Waals surface area contributed by atoms with Crippen LogP contribution in [0.5, 0.6) is 0 Å². The monoisotopic (exact) mass is 292 g/mol. The van der Waals surface area contributed by atoms with E-state index in [0.717, 1.165) is 17.1 Å². The number of nitrogens with zero attached hydrogens (tertiary/aromatic N) is 2. The van der Waals surface area contributed by atoms with Gasteiger partial charge in [0.05, 0.1) is 23.8 Å². The Morgan fingerprint density at radius 1 is 1.50 bits per heavy atom. The number of rotatable bonds is 5. The summed E-state index contributed by atoms with van der Waals surface area (Å²) in [5, 5.41) is 5.86. The molecule has 1 aliphatic rings. The topological polar surface area (TPSA) is 55.6 Å². The molecule has 106 valence electrons. The summed E-state index contributed by atoms with van der Waals surface area (Å²) in [6.45, 7) is 2.80. The maximum absolute atomic E-state index is 12.2. The molecule has 0 amide bonds. The van der Waals surface area contributed by atoms with E-state index in [-0.39, 0.29) is 11.8 Å². The summed E-state index contributed by atoms with van der Waals surface area (Å²) < 4.78 is 10.4. The quantitative estimate of drug-likeness (QED) is 0.791. The van der Waals surface area contributed by atoms with E-state index in [9.17, 15) is 4.79 Å². The summed E-state index contributed by atoms with van der Waals surface area (Å²) in [5.41, 5.74) is 0.889. The van der Waals surface area contributed by atoms with Gasteiger partial charge in [-0.15, -0.1) is 11.3 Å². The fraction of sp³-hybridized carbons (Fsp3) is 0.429. The number of Topliss-reactive ketones (excluding diaryl/α,β-unsaturated/α-hetero) is 1. The third-order valence-electron chi connectivity index (χ3n) is 3.42.